The lowest BCUT2D eigenvalue weighted by atomic mass is 10.1. The molecule has 0 spiro atoms. The molecule has 1 saturated heterocycles. The highest BCUT2D eigenvalue weighted by Gasteiger charge is 2.24. The van der Waals surface area contributed by atoms with Gasteiger partial charge in [0, 0.05) is 62.4 Å². The van der Waals surface area contributed by atoms with Crippen LogP contribution in [0, 0.1) is 0 Å². The molecule has 2 aromatic heterocycles. The molecule has 188 valence electrons. The van der Waals surface area contributed by atoms with Crippen LogP contribution in [0.1, 0.15) is 24.0 Å². The lowest BCUT2D eigenvalue weighted by molar-refractivity contribution is -0.116. The van der Waals surface area contributed by atoms with Crippen molar-refractivity contribution in [1.82, 2.24) is 29.7 Å². The Kier molecular flexibility index (Phi) is 6.39. The molecule has 0 bridgehead atoms. The summed E-state index contributed by atoms with van der Waals surface area (Å²) in [6.45, 7) is 5.65. The van der Waals surface area contributed by atoms with Crippen LogP contribution < -0.4 is 10.6 Å². The van der Waals surface area contributed by atoms with Gasteiger partial charge in [-0.25, -0.2) is 4.98 Å². The van der Waals surface area contributed by atoms with Gasteiger partial charge in [0.25, 0.3) is 5.91 Å². The van der Waals surface area contributed by atoms with Crippen molar-refractivity contribution >= 4 is 23.1 Å². The number of rotatable bonds is 7. The monoisotopic (exact) mass is 488 g/mol. The second-order valence-electron chi connectivity index (χ2n) is 9.90. The van der Waals surface area contributed by atoms with E-state index in [9.17, 15) is 4.79 Å². The van der Waals surface area contributed by atoms with E-state index in [4.69, 9.17) is 9.72 Å². The highest BCUT2D eigenvalue weighted by Crippen LogP contribution is 2.29. The topological polar surface area (TPSA) is 99.4 Å². The first-order valence-electron chi connectivity index (χ1n) is 12.7. The molecule has 0 radical (unpaired) electrons. The molecule has 1 aromatic carbocycles. The number of piperazine rings is 1. The van der Waals surface area contributed by atoms with Crippen molar-refractivity contribution in [2.24, 2.45) is 4.99 Å². The van der Waals surface area contributed by atoms with Gasteiger partial charge in [0.05, 0.1) is 11.9 Å². The van der Waals surface area contributed by atoms with Crippen molar-refractivity contribution in [3.05, 3.63) is 47.7 Å². The molecule has 1 saturated carbocycles. The van der Waals surface area contributed by atoms with E-state index in [1.165, 1.54) is 5.56 Å². The van der Waals surface area contributed by atoms with Gasteiger partial charge in [0.15, 0.2) is 5.65 Å². The van der Waals surface area contributed by atoms with Crippen LogP contribution in [-0.4, -0.2) is 88.7 Å². The first-order valence-corrected chi connectivity index (χ1v) is 12.7. The number of likely N-dealkylation sites (N-methyl/N-ethyl adjacent to an activating group) is 1. The Balaban J connectivity index is 1.33. The smallest absolute Gasteiger partial charge is 0.267 e. The Hall–Kier alpha value is -3.34. The number of hydrogen-bond acceptors (Lipinski definition) is 8. The number of benzene rings is 1. The summed E-state index contributed by atoms with van der Waals surface area (Å²) in [5, 5.41) is 10.9. The summed E-state index contributed by atoms with van der Waals surface area (Å²) in [6, 6.07) is 11.2. The van der Waals surface area contributed by atoms with Crippen LogP contribution in [0.4, 0.5) is 5.82 Å². The molecule has 0 unspecified atom stereocenters. The van der Waals surface area contributed by atoms with Crippen LogP contribution in [0.2, 0.25) is 0 Å². The van der Waals surface area contributed by atoms with Crippen LogP contribution in [0.25, 0.3) is 16.9 Å². The van der Waals surface area contributed by atoms with Gasteiger partial charge in [0.1, 0.15) is 25.0 Å². The van der Waals surface area contributed by atoms with Crippen LogP contribution in [0.3, 0.4) is 0 Å². The number of aromatic nitrogens is 3. The van der Waals surface area contributed by atoms with Crippen LogP contribution in [0.15, 0.2) is 41.5 Å². The summed E-state index contributed by atoms with van der Waals surface area (Å²) in [5.74, 6) is 0.708. The standard InChI is InChI=1S/C26H32N8O2/c1-32-7-9-33(10-8-32)15-18-3-2-4-19(11-18)22-13-24(30-21-5-6-21)34-25(31-22)20(14-29-34)12-23-26(35)28-17-36-16-27-23/h2-4,11,13-14,21,30H,5-10,12,15-17H2,1H3,(H,28,35). The molecule has 2 fully saturated rings. The van der Waals surface area contributed by atoms with Gasteiger partial charge in [-0.15, -0.1) is 0 Å². The van der Waals surface area contributed by atoms with Crippen molar-refractivity contribution in [2.45, 2.75) is 31.8 Å². The largest absolute Gasteiger partial charge is 0.367 e. The molecular weight excluding hydrogens is 456 g/mol. The van der Waals surface area contributed by atoms with E-state index < -0.39 is 0 Å². The summed E-state index contributed by atoms with van der Waals surface area (Å²) < 4.78 is 7.09. The molecule has 2 N–H and O–H groups in total. The van der Waals surface area contributed by atoms with Crippen molar-refractivity contribution in [3.63, 3.8) is 0 Å². The van der Waals surface area contributed by atoms with Gasteiger partial charge in [-0.3, -0.25) is 14.7 Å². The molecule has 36 heavy (non-hydrogen) atoms. The maximum absolute atomic E-state index is 12.4. The van der Waals surface area contributed by atoms with E-state index in [1.807, 2.05) is 4.52 Å². The number of amides is 1. The Morgan fingerprint density at radius 2 is 2.03 bits per heavy atom. The molecule has 6 rings (SSSR count). The zero-order valence-corrected chi connectivity index (χ0v) is 20.6. The summed E-state index contributed by atoms with van der Waals surface area (Å²) in [5.41, 5.74) is 5.28. The van der Waals surface area contributed by atoms with Crippen LogP contribution in [0.5, 0.6) is 0 Å². The summed E-state index contributed by atoms with van der Waals surface area (Å²) in [4.78, 5) is 26.6. The number of hydrogen-bond donors (Lipinski definition) is 2. The number of carbonyl (C=O) groups is 1. The second kappa shape index (κ2) is 9.96. The highest BCUT2D eigenvalue weighted by molar-refractivity contribution is 6.39. The lowest BCUT2D eigenvalue weighted by Crippen LogP contribution is -2.43. The van der Waals surface area contributed by atoms with Gasteiger partial charge in [-0.2, -0.15) is 9.61 Å². The van der Waals surface area contributed by atoms with Crippen molar-refractivity contribution in [1.29, 1.82) is 0 Å². The maximum Gasteiger partial charge on any atom is 0.267 e. The number of ether oxygens (including phenoxy) is 1. The number of carbonyl (C=O) groups excluding carboxylic acids is 1. The zero-order valence-electron chi connectivity index (χ0n) is 20.6. The number of aliphatic imine (C=N–C) groups is 1. The zero-order chi connectivity index (χ0) is 24.5. The molecule has 3 aliphatic rings. The average molecular weight is 489 g/mol. The van der Waals surface area contributed by atoms with E-state index in [0.717, 1.165) is 73.9 Å². The van der Waals surface area contributed by atoms with E-state index in [-0.39, 0.29) is 19.4 Å². The van der Waals surface area contributed by atoms with E-state index in [0.29, 0.717) is 18.2 Å². The van der Waals surface area contributed by atoms with Gasteiger partial charge in [-0.05, 0) is 31.5 Å². The minimum absolute atomic E-state index is 0.167. The first-order chi connectivity index (χ1) is 17.6. The van der Waals surface area contributed by atoms with E-state index in [2.05, 4.69) is 67.9 Å². The fourth-order valence-electron chi connectivity index (χ4n) is 4.69. The van der Waals surface area contributed by atoms with E-state index >= 15 is 0 Å². The molecule has 4 heterocycles. The third-order valence-electron chi connectivity index (χ3n) is 7.00. The number of anilines is 1. The predicted molar refractivity (Wildman–Crippen MR) is 138 cm³/mol. The molecule has 1 amide bonds. The summed E-state index contributed by atoms with van der Waals surface area (Å²) >= 11 is 0. The quantitative estimate of drug-likeness (QED) is 0.523. The van der Waals surface area contributed by atoms with Crippen LogP contribution >= 0.6 is 0 Å². The van der Waals surface area contributed by atoms with Crippen LogP contribution in [-0.2, 0) is 22.5 Å². The highest BCUT2D eigenvalue weighted by atomic mass is 16.5. The Morgan fingerprint density at radius 3 is 2.86 bits per heavy atom. The summed E-state index contributed by atoms with van der Waals surface area (Å²) in [6.07, 6.45) is 4.45. The Morgan fingerprint density at radius 1 is 1.17 bits per heavy atom. The maximum atomic E-state index is 12.4. The fourth-order valence-corrected chi connectivity index (χ4v) is 4.69. The predicted octanol–water partition coefficient (Wildman–Crippen LogP) is 1.76. The molecular formula is C26H32N8O2. The second-order valence-corrected chi connectivity index (χ2v) is 9.90. The van der Waals surface area contributed by atoms with Gasteiger partial charge in [0.2, 0.25) is 0 Å². The normalized spacial score (nSPS) is 19.7. The minimum Gasteiger partial charge on any atom is -0.367 e. The third kappa shape index (κ3) is 5.11. The minimum atomic E-state index is -0.212. The first kappa shape index (κ1) is 23.1. The molecule has 3 aromatic rings. The number of fused-ring (bicyclic) bond motifs is 1. The average Bonchev–Trinajstić information content (AvgIpc) is 3.65. The van der Waals surface area contributed by atoms with Gasteiger partial charge < -0.3 is 20.3 Å². The molecule has 2 aliphatic heterocycles. The Bertz CT molecular complexity index is 1290. The Labute approximate surface area is 210 Å². The lowest BCUT2D eigenvalue weighted by Gasteiger charge is -2.32. The third-order valence-corrected chi connectivity index (χ3v) is 7.00. The van der Waals surface area contributed by atoms with Crippen molar-refractivity contribution in [2.75, 3.05) is 52.0 Å². The number of nitrogens with one attached hydrogen (secondary N) is 2. The van der Waals surface area contributed by atoms with Crippen molar-refractivity contribution in [3.8, 4) is 11.3 Å². The SMILES string of the molecule is CN1CCN(Cc2cccc(-c3cc(NC4CC4)n4ncc(CC5=NCOCNC5=O)c4n3)c2)CC1. The fraction of sp³-hybridized carbons (Fsp3) is 0.462. The van der Waals surface area contributed by atoms with Crippen molar-refractivity contribution < 1.29 is 9.53 Å². The molecule has 1 aliphatic carbocycles. The van der Waals surface area contributed by atoms with Gasteiger partial charge in [-0.1, -0.05) is 18.2 Å². The summed E-state index contributed by atoms with van der Waals surface area (Å²) in [7, 11) is 2.18. The molecule has 10 nitrogen and oxygen atoms in total. The number of nitrogens with zero attached hydrogens (tertiary/aromatic N) is 6. The van der Waals surface area contributed by atoms with Gasteiger partial charge >= 0.3 is 0 Å². The van der Waals surface area contributed by atoms with E-state index in [1.54, 1.807) is 6.20 Å². The molecule has 10 heteroatoms. The molecule has 0 atom stereocenters.